The van der Waals surface area contributed by atoms with Crippen LogP contribution in [0.4, 0.5) is 0 Å². The Balaban J connectivity index is 1.65. The Morgan fingerprint density at radius 2 is 2.04 bits per heavy atom. The number of rotatable bonds is 3. The van der Waals surface area contributed by atoms with E-state index in [9.17, 15) is 4.79 Å². The molecule has 24 heavy (non-hydrogen) atoms. The molecule has 0 saturated carbocycles. The highest BCUT2D eigenvalue weighted by molar-refractivity contribution is 7.17. The van der Waals surface area contributed by atoms with Crippen LogP contribution in [-0.4, -0.2) is 9.38 Å². The average Bonchev–Trinajstić information content (AvgIpc) is 2.94. The summed E-state index contributed by atoms with van der Waals surface area (Å²) < 4.78 is 7.43. The van der Waals surface area contributed by atoms with E-state index in [4.69, 9.17) is 27.9 Å². The van der Waals surface area contributed by atoms with Crippen molar-refractivity contribution in [2.24, 2.45) is 0 Å². The summed E-state index contributed by atoms with van der Waals surface area (Å²) in [6.45, 7) is 0.175. The van der Waals surface area contributed by atoms with Gasteiger partial charge in [-0.2, -0.15) is 0 Å². The first-order chi connectivity index (χ1) is 11.6. The van der Waals surface area contributed by atoms with Crippen LogP contribution in [0.5, 0.6) is 5.75 Å². The molecule has 0 spiro atoms. The number of hydrogen-bond acceptors (Lipinski definition) is 4. The van der Waals surface area contributed by atoms with Crippen LogP contribution in [0.3, 0.4) is 0 Å². The SMILES string of the molecule is O=c1cc(COc2cc(Cl)ccc2Cl)nc2sc3c(n12)CCCC3. The normalized spacial score (nSPS) is 13.9. The van der Waals surface area contributed by atoms with Gasteiger partial charge in [-0.1, -0.05) is 23.2 Å². The van der Waals surface area contributed by atoms with E-state index >= 15 is 0 Å². The largest absolute Gasteiger partial charge is 0.486 e. The van der Waals surface area contributed by atoms with Gasteiger partial charge in [-0.3, -0.25) is 9.20 Å². The molecule has 2 aromatic heterocycles. The van der Waals surface area contributed by atoms with Crippen LogP contribution in [-0.2, 0) is 19.4 Å². The van der Waals surface area contributed by atoms with E-state index < -0.39 is 0 Å². The number of ether oxygens (including phenoxy) is 1. The van der Waals surface area contributed by atoms with Crippen molar-refractivity contribution < 1.29 is 4.74 Å². The summed E-state index contributed by atoms with van der Waals surface area (Å²) in [4.78, 5) is 19.1. The molecule has 0 atom stereocenters. The Morgan fingerprint density at radius 1 is 1.21 bits per heavy atom. The molecule has 2 heterocycles. The summed E-state index contributed by atoms with van der Waals surface area (Å²) >= 11 is 13.6. The fourth-order valence-electron chi connectivity index (χ4n) is 2.96. The van der Waals surface area contributed by atoms with Gasteiger partial charge in [0.2, 0.25) is 0 Å². The molecule has 1 aromatic carbocycles. The molecule has 0 fully saturated rings. The van der Waals surface area contributed by atoms with E-state index in [2.05, 4.69) is 4.98 Å². The first-order valence-electron chi connectivity index (χ1n) is 7.73. The predicted octanol–water partition coefficient (Wildman–Crippen LogP) is 4.52. The maximum atomic E-state index is 12.5. The molecule has 4 nitrogen and oxygen atoms in total. The van der Waals surface area contributed by atoms with Crippen LogP contribution in [0.15, 0.2) is 29.1 Å². The molecule has 0 aliphatic heterocycles. The van der Waals surface area contributed by atoms with Gasteiger partial charge in [0.05, 0.1) is 10.7 Å². The van der Waals surface area contributed by atoms with Gasteiger partial charge in [0.15, 0.2) is 4.96 Å². The van der Waals surface area contributed by atoms with Crippen molar-refractivity contribution in [1.82, 2.24) is 9.38 Å². The van der Waals surface area contributed by atoms with Gasteiger partial charge in [-0.05, 0) is 37.8 Å². The lowest BCUT2D eigenvalue weighted by Crippen LogP contribution is -2.18. The van der Waals surface area contributed by atoms with Crippen molar-refractivity contribution in [3.63, 3.8) is 0 Å². The van der Waals surface area contributed by atoms with Crippen molar-refractivity contribution in [3.8, 4) is 5.75 Å². The van der Waals surface area contributed by atoms with Gasteiger partial charge in [-0.15, -0.1) is 11.3 Å². The lowest BCUT2D eigenvalue weighted by molar-refractivity contribution is 0.301. The van der Waals surface area contributed by atoms with Crippen LogP contribution in [0.25, 0.3) is 4.96 Å². The highest BCUT2D eigenvalue weighted by Gasteiger charge is 2.18. The minimum Gasteiger partial charge on any atom is -0.486 e. The topological polar surface area (TPSA) is 43.6 Å². The zero-order valence-corrected chi connectivity index (χ0v) is 15.0. The Morgan fingerprint density at radius 3 is 2.92 bits per heavy atom. The van der Waals surface area contributed by atoms with E-state index in [0.717, 1.165) is 29.9 Å². The second-order valence-electron chi connectivity index (χ2n) is 5.75. The van der Waals surface area contributed by atoms with Crippen molar-refractivity contribution >= 4 is 39.5 Å². The lowest BCUT2D eigenvalue weighted by atomic mass is 10.0. The molecule has 3 aromatic rings. The lowest BCUT2D eigenvalue weighted by Gasteiger charge is -2.10. The Bertz CT molecular complexity index is 981. The highest BCUT2D eigenvalue weighted by Crippen LogP contribution is 2.30. The monoisotopic (exact) mass is 380 g/mol. The van der Waals surface area contributed by atoms with Crippen molar-refractivity contribution in [2.75, 3.05) is 0 Å². The molecule has 124 valence electrons. The second kappa shape index (κ2) is 6.39. The number of hydrogen-bond donors (Lipinski definition) is 0. The summed E-state index contributed by atoms with van der Waals surface area (Å²) in [7, 11) is 0. The summed E-state index contributed by atoms with van der Waals surface area (Å²) in [5.41, 5.74) is 1.67. The number of thiazole rings is 1. The third kappa shape index (κ3) is 2.92. The minimum atomic E-state index is -0.0461. The van der Waals surface area contributed by atoms with Gasteiger partial charge in [0, 0.05) is 27.7 Å². The smallest absolute Gasteiger partial charge is 0.259 e. The molecule has 1 aliphatic rings. The van der Waals surface area contributed by atoms with Crippen molar-refractivity contribution in [1.29, 1.82) is 0 Å². The van der Waals surface area contributed by atoms with E-state index in [0.29, 0.717) is 21.5 Å². The van der Waals surface area contributed by atoms with Crippen LogP contribution < -0.4 is 10.3 Å². The van der Waals surface area contributed by atoms with Gasteiger partial charge in [0.25, 0.3) is 5.56 Å². The number of halogens is 2. The van der Waals surface area contributed by atoms with Crippen molar-refractivity contribution in [3.05, 3.63) is 60.9 Å². The average molecular weight is 381 g/mol. The maximum Gasteiger partial charge on any atom is 0.259 e. The molecule has 0 unspecified atom stereocenters. The molecule has 1 aliphatic carbocycles. The minimum absolute atomic E-state index is 0.0461. The van der Waals surface area contributed by atoms with Crippen LogP contribution in [0.1, 0.15) is 29.1 Å². The zero-order valence-electron chi connectivity index (χ0n) is 12.7. The standard InChI is InChI=1S/C17H14Cl2N2O2S/c18-10-5-6-12(19)14(7-10)23-9-11-8-16(22)21-13-3-1-2-4-15(13)24-17(21)20-11/h5-8H,1-4,9H2. The van der Waals surface area contributed by atoms with E-state index in [1.807, 2.05) is 0 Å². The molecule has 0 N–H and O–H groups in total. The predicted molar refractivity (Wildman–Crippen MR) is 96.8 cm³/mol. The van der Waals surface area contributed by atoms with E-state index in [1.54, 1.807) is 33.9 Å². The molecular formula is C17H14Cl2N2O2S. The number of aromatic nitrogens is 2. The maximum absolute atomic E-state index is 12.5. The fraction of sp³-hybridized carbons (Fsp3) is 0.294. The summed E-state index contributed by atoms with van der Waals surface area (Å²) in [5.74, 6) is 0.483. The molecule has 0 saturated heterocycles. The number of fused-ring (bicyclic) bond motifs is 3. The molecule has 0 amide bonds. The van der Waals surface area contributed by atoms with Gasteiger partial charge in [0.1, 0.15) is 12.4 Å². The summed E-state index contributed by atoms with van der Waals surface area (Å²) in [6.07, 6.45) is 4.29. The highest BCUT2D eigenvalue weighted by atomic mass is 35.5. The van der Waals surface area contributed by atoms with Crippen LogP contribution in [0, 0.1) is 0 Å². The molecule has 0 bridgehead atoms. The van der Waals surface area contributed by atoms with Gasteiger partial charge < -0.3 is 4.74 Å². The summed E-state index contributed by atoms with van der Waals surface area (Å²) in [5, 5.41) is 1.02. The van der Waals surface area contributed by atoms with Gasteiger partial charge >= 0.3 is 0 Å². The Kier molecular flexibility index (Phi) is 4.24. The quantitative estimate of drug-likeness (QED) is 0.670. The van der Waals surface area contributed by atoms with Gasteiger partial charge in [-0.25, -0.2) is 4.98 Å². The molecule has 7 heteroatoms. The van der Waals surface area contributed by atoms with Crippen molar-refractivity contribution in [2.45, 2.75) is 32.3 Å². The number of nitrogens with zero attached hydrogens (tertiary/aromatic N) is 2. The third-order valence-electron chi connectivity index (χ3n) is 4.08. The second-order valence-corrected chi connectivity index (χ2v) is 7.65. The fourth-order valence-corrected chi connectivity index (χ4v) is 4.52. The number of aryl methyl sites for hydroxylation is 2. The first-order valence-corrected chi connectivity index (χ1v) is 9.30. The zero-order chi connectivity index (χ0) is 16.7. The molecular weight excluding hydrogens is 367 g/mol. The van der Waals surface area contributed by atoms with E-state index in [-0.39, 0.29) is 12.2 Å². The Labute approximate surface area is 152 Å². The Hall–Kier alpha value is -1.56. The summed E-state index contributed by atoms with van der Waals surface area (Å²) in [6, 6.07) is 6.56. The molecule has 0 radical (unpaired) electrons. The van der Waals surface area contributed by atoms with E-state index in [1.165, 1.54) is 17.4 Å². The molecule has 4 rings (SSSR count). The number of benzene rings is 1. The van der Waals surface area contributed by atoms with Crippen LogP contribution >= 0.6 is 34.5 Å². The first kappa shape index (κ1) is 15.9. The third-order valence-corrected chi connectivity index (χ3v) is 5.77. The van der Waals surface area contributed by atoms with Crippen LogP contribution in [0.2, 0.25) is 10.0 Å².